The van der Waals surface area contributed by atoms with Crippen LogP contribution in [0.3, 0.4) is 0 Å². The lowest BCUT2D eigenvalue weighted by atomic mass is 10.1. The van der Waals surface area contributed by atoms with Gasteiger partial charge in [0.05, 0.1) is 0 Å². The van der Waals surface area contributed by atoms with Crippen molar-refractivity contribution in [3.63, 3.8) is 0 Å². The van der Waals surface area contributed by atoms with E-state index in [0.29, 0.717) is 0 Å². The van der Waals surface area contributed by atoms with E-state index in [2.05, 4.69) is 26.7 Å². The number of carbonyl (C=O) groups is 1. The standard InChI is InChI=1S/C17H17N3OS.ClH/c21-17(14-2-1-13-3-5-18-16(13)11-14)20-8-6-19(7-9-20)15-4-10-22-12-15;/h1-5,10-12,18H,6-9H2;1H. The van der Waals surface area contributed by atoms with Crippen LogP contribution in [0.4, 0.5) is 5.69 Å². The summed E-state index contributed by atoms with van der Waals surface area (Å²) in [7, 11) is 0. The Morgan fingerprint density at radius 3 is 2.65 bits per heavy atom. The molecule has 0 saturated carbocycles. The van der Waals surface area contributed by atoms with Gasteiger partial charge in [-0.1, -0.05) is 6.07 Å². The minimum absolute atomic E-state index is 0. The fourth-order valence-electron chi connectivity index (χ4n) is 2.97. The average Bonchev–Trinajstić information content (AvgIpc) is 3.25. The van der Waals surface area contributed by atoms with Crippen molar-refractivity contribution >= 4 is 46.2 Å². The van der Waals surface area contributed by atoms with Crippen molar-refractivity contribution in [3.8, 4) is 0 Å². The predicted molar refractivity (Wildman–Crippen MR) is 98.0 cm³/mol. The largest absolute Gasteiger partial charge is 0.367 e. The highest BCUT2D eigenvalue weighted by atomic mass is 35.5. The summed E-state index contributed by atoms with van der Waals surface area (Å²) in [6, 6.07) is 10.0. The monoisotopic (exact) mass is 347 g/mol. The highest BCUT2D eigenvalue weighted by molar-refractivity contribution is 7.08. The molecule has 120 valence electrons. The number of benzene rings is 1. The highest BCUT2D eigenvalue weighted by Gasteiger charge is 2.22. The third-order valence-electron chi connectivity index (χ3n) is 4.24. The number of carbonyl (C=O) groups excluding carboxylic acids is 1. The number of amides is 1. The second-order valence-corrected chi connectivity index (χ2v) is 6.32. The van der Waals surface area contributed by atoms with E-state index < -0.39 is 0 Å². The number of aromatic amines is 1. The fraction of sp³-hybridized carbons (Fsp3) is 0.235. The van der Waals surface area contributed by atoms with Gasteiger partial charge in [-0.2, -0.15) is 11.3 Å². The summed E-state index contributed by atoms with van der Waals surface area (Å²) >= 11 is 1.71. The number of halogens is 1. The van der Waals surface area contributed by atoms with Crippen LogP contribution in [-0.4, -0.2) is 42.0 Å². The van der Waals surface area contributed by atoms with Crippen molar-refractivity contribution in [2.24, 2.45) is 0 Å². The fourth-order valence-corrected chi connectivity index (χ4v) is 3.63. The Morgan fingerprint density at radius 2 is 1.91 bits per heavy atom. The van der Waals surface area contributed by atoms with Gasteiger partial charge in [0.1, 0.15) is 0 Å². The molecule has 1 aromatic carbocycles. The lowest BCUT2D eigenvalue weighted by Gasteiger charge is -2.35. The molecule has 0 radical (unpaired) electrons. The molecule has 4 rings (SSSR count). The van der Waals surface area contributed by atoms with Crippen LogP contribution in [0.5, 0.6) is 0 Å². The summed E-state index contributed by atoms with van der Waals surface area (Å²) in [4.78, 5) is 20.1. The van der Waals surface area contributed by atoms with E-state index in [-0.39, 0.29) is 18.3 Å². The zero-order valence-electron chi connectivity index (χ0n) is 12.6. The number of hydrogen-bond acceptors (Lipinski definition) is 3. The molecule has 2 aromatic heterocycles. The van der Waals surface area contributed by atoms with Crippen LogP contribution in [0.15, 0.2) is 47.3 Å². The maximum absolute atomic E-state index is 12.7. The van der Waals surface area contributed by atoms with Gasteiger partial charge < -0.3 is 14.8 Å². The van der Waals surface area contributed by atoms with Gasteiger partial charge in [-0.3, -0.25) is 4.79 Å². The second kappa shape index (κ2) is 6.64. The van der Waals surface area contributed by atoms with Gasteiger partial charge in [0, 0.05) is 54.5 Å². The highest BCUT2D eigenvalue weighted by Crippen LogP contribution is 2.21. The van der Waals surface area contributed by atoms with E-state index in [0.717, 1.165) is 42.6 Å². The van der Waals surface area contributed by atoms with Crippen molar-refractivity contribution in [2.45, 2.75) is 0 Å². The third kappa shape index (κ3) is 3.07. The molecule has 1 aliphatic heterocycles. The molecule has 0 atom stereocenters. The SMILES string of the molecule is Cl.O=C(c1ccc2cc[nH]c2c1)N1CCN(c2ccsc2)CC1. The Balaban J connectivity index is 0.00000156. The lowest BCUT2D eigenvalue weighted by Crippen LogP contribution is -2.48. The van der Waals surface area contributed by atoms with Crippen LogP contribution >= 0.6 is 23.7 Å². The van der Waals surface area contributed by atoms with Crippen LogP contribution in [0.1, 0.15) is 10.4 Å². The number of thiophene rings is 1. The smallest absolute Gasteiger partial charge is 0.254 e. The molecule has 3 heterocycles. The first kappa shape index (κ1) is 15.9. The van der Waals surface area contributed by atoms with Crippen molar-refractivity contribution in [1.29, 1.82) is 0 Å². The van der Waals surface area contributed by atoms with Crippen molar-refractivity contribution in [1.82, 2.24) is 9.88 Å². The van der Waals surface area contributed by atoms with Crippen LogP contribution in [0, 0.1) is 0 Å². The molecule has 1 N–H and O–H groups in total. The third-order valence-corrected chi connectivity index (χ3v) is 4.91. The molecule has 0 aliphatic carbocycles. The van der Waals surface area contributed by atoms with Gasteiger partial charge in [0.25, 0.3) is 5.91 Å². The van der Waals surface area contributed by atoms with Crippen LogP contribution in [-0.2, 0) is 0 Å². The van der Waals surface area contributed by atoms with E-state index in [1.807, 2.05) is 35.4 Å². The number of hydrogen-bond donors (Lipinski definition) is 1. The zero-order valence-corrected chi connectivity index (χ0v) is 14.2. The minimum atomic E-state index is 0. The summed E-state index contributed by atoms with van der Waals surface area (Å²) in [5, 5.41) is 5.40. The minimum Gasteiger partial charge on any atom is -0.367 e. The molecule has 1 saturated heterocycles. The molecule has 0 bridgehead atoms. The predicted octanol–water partition coefficient (Wildman–Crippen LogP) is 3.61. The Morgan fingerprint density at radius 1 is 1.09 bits per heavy atom. The number of anilines is 1. The Labute approximate surface area is 145 Å². The molecule has 1 amide bonds. The number of H-pyrrole nitrogens is 1. The number of fused-ring (bicyclic) bond motifs is 1. The summed E-state index contributed by atoms with van der Waals surface area (Å²) in [6.45, 7) is 3.34. The number of aromatic nitrogens is 1. The van der Waals surface area contributed by atoms with Gasteiger partial charge in [-0.05, 0) is 35.0 Å². The summed E-state index contributed by atoms with van der Waals surface area (Å²) in [5.74, 6) is 0.126. The normalized spacial score (nSPS) is 14.8. The van der Waals surface area contributed by atoms with Crippen molar-refractivity contribution in [2.75, 3.05) is 31.1 Å². The molecule has 23 heavy (non-hydrogen) atoms. The molecule has 0 spiro atoms. The first-order valence-electron chi connectivity index (χ1n) is 7.45. The van der Waals surface area contributed by atoms with E-state index in [1.165, 1.54) is 5.69 Å². The van der Waals surface area contributed by atoms with Gasteiger partial charge in [-0.15, -0.1) is 12.4 Å². The topological polar surface area (TPSA) is 39.3 Å². The molecule has 1 fully saturated rings. The maximum atomic E-state index is 12.7. The quantitative estimate of drug-likeness (QED) is 0.769. The molecule has 0 unspecified atom stereocenters. The van der Waals surface area contributed by atoms with Gasteiger partial charge in [0.2, 0.25) is 0 Å². The van der Waals surface area contributed by atoms with E-state index in [1.54, 1.807) is 11.3 Å². The summed E-state index contributed by atoms with van der Waals surface area (Å²) in [5.41, 5.74) is 3.05. The first-order chi connectivity index (χ1) is 10.8. The molecule has 3 aromatic rings. The van der Waals surface area contributed by atoms with Crippen molar-refractivity contribution in [3.05, 3.63) is 52.9 Å². The summed E-state index contributed by atoms with van der Waals surface area (Å²) in [6.07, 6.45) is 1.90. The first-order valence-corrected chi connectivity index (χ1v) is 8.39. The molecule has 4 nitrogen and oxygen atoms in total. The van der Waals surface area contributed by atoms with E-state index in [9.17, 15) is 4.79 Å². The zero-order chi connectivity index (χ0) is 14.9. The Bertz CT molecular complexity index is 791. The lowest BCUT2D eigenvalue weighted by molar-refractivity contribution is 0.0747. The molecule has 6 heteroatoms. The van der Waals surface area contributed by atoms with Crippen LogP contribution in [0.25, 0.3) is 10.9 Å². The van der Waals surface area contributed by atoms with Crippen LogP contribution < -0.4 is 4.90 Å². The van der Waals surface area contributed by atoms with Crippen LogP contribution in [0.2, 0.25) is 0 Å². The maximum Gasteiger partial charge on any atom is 0.254 e. The van der Waals surface area contributed by atoms with Gasteiger partial charge in [-0.25, -0.2) is 0 Å². The van der Waals surface area contributed by atoms with E-state index in [4.69, 9.17) is 0 Å². The summed E-state index contributed by atoms with van der Waals surface area (Å²) < 4.78 is 0. The van der Waals surface area contributed by atoms with Gasteiger partial charge >= 0.3 is 0 Å². The van der Waals surface area contributed by atoms with Gasteiger partial charge in [0.15, 0.2) is 0 Å². The molecular formula is C17H18ClN3OS. The second-order valence-electron chi connectivity index (χ2n) is 5.54. The van der Waals surface area contributed by atoms with E-state index >= 15 is 0 Å². The number of nitrogens with zero attached hydrogens (tertiary/aromatic N) is 2. The Hall–Kier alpha value is -1.98. The number of piperazine rings is 1. The Kier molecular flexibility index (Phi) is 4.59. The average molecular weight is 348 g/mol. The number of rotatable bonds is 2. The molecular weight excluding hydrogens is 330 g/mol. The number of nitrogens with one attached hydrogen (secondary N) is 1. The van der Waals surface area contributed by atoms with Crippen molar-refractivity contribution < 1.29 is 4.79 Å². The molecule has 1 aliphatic rings.